The van der Waals surface area contributed by atoms with Crippen LogP contribution in [0.1, 0.15) is 10.6 Å². The maximum Gasteiger partial charge on any atom is 0.433 e. The lowest BCUT2D eigenvalue weighted by Gasteiger charge is -2.26. The number of anilines is 1. The van der Waals surface area contributed by atoms with Crippen molar-refractivity contribution < 1.29 is 32.0 Å². The Morgan fingerprint density at radius 3 is 2.57 bits per heavy atom. The van der Waals surface area contributed by atoms with Gasteiger partial charge in [-0.1, -0.05) is 0 Å². The third-order valence-electron chi connectivity index (χ3n) is 4.02. The van der Waals surface area contributed by atoms with E-state index in [1.807, 2.05) is 0 Å². The Morgan fingerprint density at radius 1 is 1.25 bits per heavy atom. The summed E-state index contributed by atoms with van der Waals surface area (Å²) in [5.41, 5.74) is 0.187. The lowest BCUT2D eigenvalue weighted by molar-refractivity contribution is -0.402. The number of methoxy groups -OCH3 is 1. The van der Waals surface area contributed by atoms with Crippen molar-refractivity contribution in [3.63, 3.8) is 0 Å². The minimum Gasteiger partial charge on any atom is -0.495 e. The molecule has 1 saturated heterocycles. The number of hydrogen-bond acceptors (Lipinski definition) is 8. The summed E-state index contributed by atoms with van der Waals surface area (Å²) in [6.07, 6.45) is 0. The Balaban J connectivity index is 1.82. The van der Waals surface area contributed by atoms with Gasteiger partial charge in [-0.2, -0.15) is 4.31 Å². The van der Waals surface area contributed by atoms with Crippen molar-refractivity contribution in [2.45, 2.75) is 4.90 Å². The van der Waals surface area contributed by atoms with Crippen LogP contribution in [0.25, 0.3) is 0 Å². The standard InChI is InChI=1S/C16H17N3O8S/c1-25-14-10-11(28(23,24)18-6-8-26-9-7-18)2-3-12(14)17-16(20)13-4-5-15(27-13)19(21)22/h2-5,10H,6-9H2,1H3,(H,17,20). The molecule has 0 atom stereocenters. The number of furan rings is 1. The fourth-order valence-electron chi connectivity index (χ4n) is 2.60. The molecule has 0 aliphatic carbocycles. The van der Waals surface area contributed by atoms with E-state index >= 15 is 0 Å². The van der Waals surface area contributed by atoms with Crippen molar-refractivity contribution >= 4 is 27.5 Å². The first-order valence-electron chi connectivity index (χ1n) is 8.14. The lowest BCUT2D eigenvalue weighted by Crippen LogP contribution is -2.40. The van der Waals surface area contributed by atoms with Gasteiger partial charge in [-0.3, -0.25) is 14.9 Å². The SMILES string of the molecule is COc1cc(S(=O)(=O)N2CCOCC2)ccc1NC(=O)c1ccc([N+](=O)[O-])o1. The van der Waals surface area contributed by atoms with E-state index in [9.17, 15) is 23.3 Å². The van der Waals surface area contributed by atoms with E-state index in [0.717, 1.165) is 12.1 Å². The maximum absolute atomic E-state index is 12.7. The van der Waals surface area contributed by atoms with E-state index in [-0.39, 0.29) is 35.2 Å². The first-order valence-corrected chi connectivity index (χ1v) is 9.58. The summed E-state index contributed by atoms with van der Waals surface area (Å²) in [4.78, 5) is 22.1. The minimum absolute atomic E-state index is 0.0119. The molecule has 1 aliphatic heterocycles. The van der Waals surface area contributed by atoms with Crippen molar-refractivity contribution in [3.8, 4) is 5.75 Å². The smallest absolute Gasteiger partial charge is 0.433 e. The fraction of sp³-hybridized carbons (Fsp3) is 0.312. The molecule has 2 aromatic rings. The summed E-state index contributed by atoms with van der Waals surface area (Å²) in [6, 6.07) is 6.24. The van der Waals surface area contributed by atoms with Crippen molar-refractivity contribution in [1.29, 1.82) is 0 Å². The van der Waals surface area contributed by atoms with Crippen LogP contribution >= 0.6 is 0 Å². The number of morpholine rings is 1. The van der Waals surface area contributed by atoms with Gasteiger partial charge in [-0.25, -0.2) is 8.42 Å². The van der Waals surface area contributed by atoms with Crippen LogP contribution in [0.3, 0.4) is 0 Å². The molecule has 1 aromatic carbocycles. The molecule has 2 heterocycles. The predicted molar refractivity (Wildman–Crippen MR) is 95.9 cm³/mol. The highest BCUT2D eigenvalue weighted by molar-refractivity contribution is 7.89. The molecular weight excluding hydrogens is 394 g/mol. The molecule has 1 amide bonds. The van der Waals surface area contributed by atoms with Crippen molar-refractivity contribution in [2.24, 2.45) is 0 Å². The summed E-state index contributed by atoms with van der Waals surface area (Å²) in [5, 5.41) is 13.1. The molecule has 0 bridgehead atoms. The van der Waals surface area contributed by atoms with Crippen LogP contribution in [-0.4, -0.2) is 57.0 Å². The number of carbonyl (C=O) groups excluding carboxylic acids is 1. The zero-order chi connectivity index (χ0) is 20.3. The van der Waals surface area contributed by atoms with E-state index in [2.05, 4.69) is 5.32 Å². The molecular formula is C16H17N3O8S. The van der Waals surface area contributed by atoms with E-state index in [0.29, 0.717) is 13.2 Å². The Bertz CT molecular complexity index is 995. The van der Waals surface area contributed by atoms with Gasteiger partial charge in [0.1, 0.15) is 10.7 Å². The van der Waals surface area contributed by atoms with Crippen molar-refractivity contribution in [2.75, 3.05) is 38.7 Å². The first kappa shape index (κ1) is 19.8. The number of nitro groups is 1. The normalized spacial score (nSPS) is 15.2. The quantitative estimate of drug-likeness (QED) is 0.556. The average molecular weight is 411 g/mol. The zero-order valence-electron chi connectivity index (χ0n) is 14.8. The average Bonchev–Trinajstić information content (AvgIpc) is 3.19. The van der Waals surface area contributed by atoms with Gasteiger partial charge in [0, 0.05) is 19.2 Å². The second-order valence-corrected chi connectivity index (χ2v) is 7.67. The molecule has 28 heavy (non-hydrogen) atoms. The Morgan fingerprint density at radius 2 is 1.96 bits per heavy atom. The topological polar surface area (TPSA) is 141 Å². The number of rotatable bonds is 6. The molecule has 1 aliphatic rings. The number of ether oxygens (including phenoxy) is 2. The van der Waals surface area contributed by atoms with Gasteiger partial charge in [0.2, 0.25) is 10.0 Å². The molecule has 0 radical (unpaired) electrons. The van der Waals surface area contributed by atoms with E-state index < -0.39 is 26.7 Å². The molecule has 11 nitrogen and oxygen atoms in total. The summed E-state index contributed by atoms with van der Waals surface area (Å²) < 4.78 is 42.0. The molecule has 1 fully saturated rings. The lowest BCUT2D eigenvalue weighted by atomic mass is 10.3. The molecule has 1 N–H and O–H groups in total. The van der Waals surface area contributed by atoms with Gasteiger partial charge in [-0.05, 0) is 18.2 Å². The minimum atomic E-state index is -3.73. The molecule has 12 heteroatoms. The third kappa shape index (κ3) is 3.98. The third-order valence-corrected chi connectivity index (χ3v) is 5.92. The van der Waals surface area contributed by atoms with Crippen LogP contribution in [0.15, 0.2) is 39.6 Å². The Labute approximate surface area is 160 Å². The highest BCUT2D eigenvalue weighted by Crippen LogP contribution is 2.30. The molecule has 0 spiro atoms. The van der Waals surface area contributed by atoms with Gasteiger partial charge < -0.3 is 19.2 Å². The monoisotopic (exact) mass is 411 g/mol. The van der Waals surface area contributed by atoms with Gasteiger partial charge in [-0.15, -0.1) is 0 Å². The van der Waals surface area contributed by atoms with Gasteiger partial charge in [0.05, 0.1) is 37.0 Å². The summed E-state index contributed by atoms with van der Waals surface area (Å²) in [7, 11) is -2.40. The van der Waals surface area contributed by atoms with Crippen LogP contribution in [0, 0.1) is 10.1 Å². The molecule has 0 saturated carbocycles. The Hall–Kier alpha value is -2.96. The van der Waals surface area contributed by atoms with Gasteiger partial charge in [0.25, 0.3) is 5.91 Å². The van der Waals surface area contributed by atoms with Crippen LogP contribution < -0.4 is 10.1 Å². The van der Waals surface area contributed by atoms with Crippen LogP contribution in [-0.2, 0) is 14.8 Å². The summed E-state index contributed by atoms with van der Waals surface area (Å²) in [5.74, 6) is -1.46. The second kappa shape index (κ2) is 7.96. The highest BCUT2D eigenvalue weighted by Gasteiger charge is 2.27. The fourth-order valence-corrected chi connectivity index (χ4v) is 4.03. The number of sulfonamides is 1. The highest BCUT2D eigenvalue weighted by atomic mass is 32.2. The van der Waals surface area contributed by atoms with Crippen molar-refractivity contribution in [3.05, 3.63) is 46.2 Å². The number of benzene rings is 1. The number of nitrogens with one attached hydrogen (secondary N) is 1. The van der Waals surface area contributed by atoms with E-state index in [1.54, 1.807) is 0 Å². The number of amides is 1. The number of hydrogen-bond donors (Lipinski definition) is 1. The molecule has 1 aromatic heterocycles. The number of carbonyl (C=O) groups is 1. The second-order valence-electron chi connectivity index (χ2n) is 5.73. The summed E-state index contributed by atoms with van der Waals surface area (Å²) in [6.45, 7) is 1.14. The predicted octanol–water partition coefficient (Wildman–Crippen LogP) is 1.47. The van der Waals surface area contributed by atoms with E-state index in [1.165, 1.54) is 29.6 Å². The molecule has 3 rings (SSSR count). The Kier molecular flexibility index (Phi) is 5.63. The first-order chi connectivity index (χ1) is 13.3. The summed E-state index contributed by atoms with van der Waals surface area (Å²) >= 11 is 0. The number of nitrogens with zero attached hydrogens (tertiary/aromatic N) is 2. The van der Waals surface area contributed by atoms with Crippen LogP contribution in [0.2, 0.25) is 0 Å². The zero-order valence-corrected chi connectivity index (χ0v) is 15.6. The van der Waals surface area contributed by atoms with Crippen molar-refractivity contribution in [1.82, 2.24) is 4.31 Å². The van der Waals surface area contributed by atoms with E-state index in [4.69, 9.17) is 13.9 Å². The maximum atomic E-state index is 12.7. The van der Waals surface area contributed by atoms with Gasteiger partial charge in [0.15, 0.2) is 5.76 Å². The van der Waals surface area contributed by atoms with Gasteiger partial charge >= 0.3 is 5.88 Å². The van der Waals surface area contributed by atoms with Crippen LogP contribution in [0.5, 0.6) is 5.75 Å². The largest absolute Gasteiger partial charge is 0.495 e. The molecule has 150 valence electrons. The molecule has 0 unspecified atom stereocenters. The van der Waals surface area contributed by atoms with Crippen LogP contribution in [0.4, 0.5) is 11.6 Å².